The number of hydrogen-bond donors (Lipinski definition) is 0. The minimum atomic E-state index is -0.311. The summed E-state index contributed by atoms with van der Waals surface area (Å²) >= 11 is 0. The highest BCUT2D eigenvalue weighted by Gasteiger charge is 2.27. The van der Waals surface area contributed by atoms with Gasteiger partial charge in [-0.15, -0.1) is 0 Å². The van der Waals surface area contributed by atoms with E-state index < -0.39 is 0 Å². The Hall–Kier alpha value is -2.49. The van der Waals surface area contributed by atoms with Crippen molar-refractivity contribution in [3.63, 3.8) is 0 Å². The lowest BCUT2D eigenvalue weighted by Crippen LogP contribution is -2.42. The molecule has 0 aliphatic carbocycles. The van der Waals surface area contributed by atoms with E-state index in [4.69, 9.17) is 9.98 Å². The van der Waals surface area contributed by atoms with Crippen LogP contribution in [-0.4, -0.2) is 33.2 Å². The van der Waals surface area contributed by atoms with Crippen molar-refractivity contribution in [2.24, 2.45) is 4.99 Å². The van der Waals surface area contributed by atoms with E-state index >= 15 is 0 Å². The molecule has 0 aliphatic heterocycles. The molecule has 0 radical (unpaired) electrons. The van der Waals surface area contributed by atoms with E-state index in [2.05, 4.69) is 39.2 Å². The summed E-state index contributed by atoms with van der Waals surface area (Å²) in [5.41, 5.74) is 5.41. The van der Waals surface area contributed by atoms with Crippen LogP contribution in [0, 0.1) is 19.7 Å². The summed E-state index contributed by atoms with van der Waals surface area (Å²) < 4.78 is 14.4. The van der Waals surface area contributed by atoms with Crippen molar-refractivity contribution in [1.29, 1.82) is 0 Å². The number of aromatic nitrogens is 1. The Balaban J connectivity index is 2.56. The molecule has 0 unspecified atom stereocenters. The van der Waals surface area contributed by atoms with Gasteiger partial charge in [-0.2, -0.15) is 0 Å². The van der Waals surface area contributed by atoms with Gasteiger partial charge in [-0.3, -0.25) is 9.98 Å². The number of aryl methyl sites for hydroxylation is 2. The highest BCUT2D eigenvalue weighted by atomic mass is 19.1. The second-order valence-corrected chi connectivity index (χ2v) is 10.2. The number of benzene rings is 1. The molecule has 0 bridgehead atoms. The summed E-state index contributed by atoms with van der Waals surface area (Å²) in [5.74, 6) is -0.225. The van der Waals surface area contributed by atoms with Gasteiger partial charge in [0, 0.05) is 28.9 Å². The molecule has 0 amide bonds. The lowest BCUT2D eigenvalue weighted by Gasteiger charge is -2.41. The molecule has 0 fully saturated rings. The summed E-state index contributed by atoms with van der Waals surface area (Å²) in [5, 5.41) is 0. The van der Waals surface area contributed by atoms with Gasteiger partial charge in [0.05, 0.1) is 22.6 Å². The molecule has 0 N–H and O–H groups in total. The smallest absolute Gasteiger partial charge is 0.126 e. The van der Waals surface area contributed by atoms with Gasteiger partial charge in [-0.1, -0.05) is 32.6 Å². The van der Waals surface area contributed by atoms with Gasteiger partial charge in [-0.05, 0) is 85.1 Å². The average Bonchev–Trinajstić information content (AvgIpc) is 2.71. The Bertz CT molecular complexity index is 996. The third-order valence-corrected chi connectivity index (χ3v) is 5.90. The van der Waals surface area contributed by atoms with Crippen LogP contribution in [0.3, 0.4) is 0 Å². The van der Waals surface area contributed by atoms with E-state index in [1.807, 2.05) is 45.9 Å². The quantitative estimate of drug-likeness (QED) is 0.404. The fourth-order valence-electron chi connectivity index (χ4n) is 3.68. The minimum absolute atomic E-state index is 0.000369. The van der Waals surface area contributed by atoms with Gasteiger partial charge in [0.1, 0.15) is 5.82 Å². The zero-order valence-electron chi connectivity index (χ0n) is 21.4. The van der Waals surface area contributed by atoms with Crippen molar-refractivity contribution < 1.29 is 4.39 Å². The van der Waals surface area contributed by atoms with Crippen molar-refractivity contribution >= 4 is 11.4 Å². The Morgan fingerprint density at radius 3 is 2.22 bits per heavy atom. The predicted octanol–water partition coefficient (Wildman–Crippen LogP) is 7.34. The molecule has 0 spiro atoms. The molecule has 0 saturated heterocycles. The molecule has 3 nitrogen and oxygen atoms in total. The summed E-state index contributed by atoms with van der Waals surface area (Å²) in [7, 11) is 0. The van der Waals surface area contributed by atoms with Crippen molar-refractivity contribution in [1.82, 2.24) is 9.88 Å². The molecule has 0 atom stereocenters. The maximum Gasteiger partial charge on any atom is 0.126 e. The van der Waals surface area contributed by atoms with Crippen LogP contribution in [0.4, 0.5) is 4.39 Å². The molecule has 4 heteroatoms. The van der Waals surface area contributed by atoms with Crippen molar-refractivity contribution in [2.45, 2.75) is 86.2 Å². The molecular weight excluding hydrogens is 397 g/mol. The van der Waals surface area contributed by atoms with Gasteiger partial charge in [0.15, 0.2) is 0 Å². The summed E-state index contributed by atoms with van der Waals surface area (Å²) in [6.45, 7) is 24.1. The van der Waals surface area contributed by atoms with Crippen molar-refractivity contribution in [2.75, 3.05) is 6.54 Å². The molecule has 0 saturated carbocycles. The van der Waals surface area contributed by atoms with Crippen LogP contribution in [0.15, 0.2) is 41.9 Å². The second-order valence-electron chi connectivity index (χ2n) is 10.2. The van der Waals surface area contributed by atoms with E-state index in [9.17, 15) is 4.39 Å². The van der Waals surface area contributed by atoms with Crippen LogP contribution in [0.2, 0.25) is 0 Å². The van der Waals surface area contributed by atoms with Gasteiger partial charge in [0.25, 0.3) is 0 Å². The summed E-state index contributed by atoms with van der Waals surface area (Å²) in [6, 6.07) is 9.37. The molecule has 174 valence electrons. The number of aliphatic imine (C=N–C) groups is 1. The van der Waals surface area contributed by atoms with Crippen LogP contribution in [0.1, 0.15) is 89.4 Å². The number of rotatable bonds is 8. The summed E-state index contributed by atoms with van der Waals surface area (Å²) in [6.07, 6.45) is 2.06. The Morgan fingerprint density at radius 1 is 1.06 bits per heavy atom. The molecule has 2 aromatic rings. The first-order valence-electron chi connectivity index (χ1n) is 11.6. The number of pyridine rings is 1. The largest absolute Gasteiger partial charge is 0.365 e. The maximum absolute atomic E-state index is 14.4. The molecule has 0 aliphatic rings. The first kappa shape index (κ1) is 25.8. The van der Waals surface area contributed by atoms with E-state index in [0.717, 1.165) is 53.3 Å². The van der Waals surface area contributed by atoms with E-state index in [1.54, 1.807) is 19.1 Å². The lowest BCUT2D eigenvalue weighted by molar-refractivity contribution is 0.193. The Labute approximate surface area is 194 Å². The predicted molar refractivity (Wildman–Crippen MR) is 136 cm³/mol. The lowest BCUT2D eigenvalue weighted by atomic mass is 9.96. The molecular formula is C28H40FN3. The van der Waals surface area contributed by atoms with Crippen LogP contribution in [0.5, 0.6) is 0 Å². The maximum atomic E-state index is 14.4. The van der Waals surface area contributed by atoms with Crippen LogP contribution >= 0.6 is 0 Å². The number of nitrogens with zero attached hydrogens (tertiary/aromatic N) is 3. The number of hydrogen-bond acceptors (Lipinski definition) is 3. The molecule has 1 aromatic heterocycles. The fourth-order valence-corrected chi connectivity index (χ4v) is 3.68. The first-order chi connectivity index (χ1) is 14.8. The van der Waals surface area contributed by atoms with Crippen LogP contribution < -0.4 is 0 Å². The number of halogens is 1. The van der Waals surface area contributed by atoms with E-state index in [1.165, 1.54) is 0 Å². The average molecular weight is 438 g/mol. The summed E-state index contributed by atoms with van der Waals surface area (Å²) in [4.78, 5) is 12.2. The van der Waals surface area contributed by atoms with E-state index in [-0.39, 0.29) is 16.9 Å². The SMILES string of the molecule is C=C(c1ccc(C(=NC(C)(C)C)c2ccc(C)c(F)c2)c(C)n1)N(CCC)C(C)(C)CC. The molecule has 2 rings (SSSR count). The third kappa shape index (κ3) is 6.05. The second kappa shape index (κ2) is 9.97. The van der Waals surface area contributed by atoms with Crippen LogP contribution in [-0.2, 0) is 0 Å². The van der Waals surface area contributed by atoms with Crippen molar-refractivity contribution in [3.8, 4) is 0 Å². The van der Waals surface area contributed by atoms with Gasteiger partial charge in [-0.25, -0.2) is 4.39 Å². The van der Waals surface area contributed by atoms with E-state index in [0.29, 0.717) is 5.56 Å². The fraction of sp³-hybridized carbons (Fsp3) is 0.500. The van der Waals surface area contributed by atoms with Gasteiger partial charge in [0.2, 0.25) is 0 Å². The highest BCUT2D eigenvalue weighted by molar-refractivity contribution is 6.13. The molecule has 1 aromatic carbocycles. The van der Waals surface area contributed by atoms with Gasteiger partial charge < -0.3 is 4.90 Å². The zero-order chi connectivity index (χ0) is 24.3. The third-order valence-electron chi connectivity index (χ3n) is 5.90. The van der Waals surface area contributed by atoms with Gasteiger partial charge >= 0.3 is 0 Å². The minimum Gasteiger partial charge on any atom is -0.365 e. The highest BCUT2D eigenvalue weighted by Crippen LogP contribution is 2.29. The zero-order valence-corrected chi connectivity index (χ0v) is 21.4. The Kier molecular flexibility index (Phi) is 8.03. The topological polar surface area (TPSA) is 28.5 Å². The monoisotopic (exact) mass is 437 g/mol. The standard InChI is InChI=1S/C28H40FN3/c1-11-17-32(28(9,10)12-2)21(5)25-16-15-23(20(4)30-25)26(31-27(6,7)8)22-14-13-19(3)24(29)18-22/h13-16,18H,5,11-12,17H2,1-4,6-10H3. The first-order valence-corrected chi connectivity index (χ1v) is 11.6. The molecule has 1 heterocycles. The van der Waals surface area contributed by atoms with Crippen LogP contribution in [0.25, 0.3) is 5.70 Å². The normalized spacial score (nSPS) is 12.8. The van der Waals surface area contributed by atoms with Crippen molar-refractivity contribution in [3.05, 3.63) is 70.8 Å². The Morgan fingerprint density at radius 2 is 1.72 bits per heavy atom. The molecule has 32 heavy (non-hydrogen) atoms.